The Morgan fingerprint density at radius 1 is 1.32 bits per heavy atom. The minimum Gasteiger partial charge on any atom is -0.334 e. The van der Waals surface area contributed by atoms with Gasteiger partial charge in [0.15, 0.2) is 6.54 Å². The molecule has 0 aliphatic heterocycles. The van der Waals surface area contributed by atoms with Crippen molar-refractivity contribution in [3.05, 3.63) is 24.3 Å². The topological polar surface area (TPSA) is 83.1 Å². The zero-order valence-electron chi connectivity index (χ0n) is 13.9. The van der Waals surface area contributed by atoms with E-state index in [-0.39, 0.29) is 16.3 Å². The maximum absolute atomic E-state index is 12.1. The Balaban J connectivity index is 2.78. The van der Waals surface area contributed by atoms with E-state index in [9.17, 15) is 13.2 Å². The molecule has 124 valence electrons. The molecular weight excluding hydrogens is 302 g/mol. The molecule has 0 fully saturated rings. The Hall–Kier alpha value is -1.44. The zero-order chi connectivity index (χ0) is 17.0. The Bertz CT molecular complexity index is 625. The maximum atomic E-state index is 12.1. The van der Waals surface area contributed by atoms with E-state index >= 15 is 0 Å². The summed E-state index contributed by atoms with van der Waals surface area (Å²) >= 11 is 0. The van der Waals surface area contributed by atoms with E-state index < -0.39 is 10.0 Å². The van der Waals surface area contributed by atoms with Crippen LogP contribution in [0.3, 0.4) is 0 Å². The van der Waals surface area contributed by atoms with Crippen molar-refractivity contribution >= 4 is 21.6 Å². The number of hydrogen-bond acceptors (Lipinski definition) is 3. The number of quaternary nitrogens is 1. The van der Waals surface area contributed by atoms with Crippen LogP contribution in [0, 0.1) is 0 Å². The molecule has 0 radical (unpaired) electrons. The summed E-state index contributed by atoms with van der Waals surface area (Å²) in [7, 11) is -0.551. The zero-order valence-corrected chi connectivity index (χ0v) is 14.7. The van der Waals surface area contributed by atoms with Crippen LogP contribution in [0.5, 0.6) is 0 Å². The standard InChI is InChI=1S/C15H25N3O3S/c1-6-15(2,3)16-11-14(19)17-12-8-7-9-13(10-12)22(20,21)18(4)5/h7-10,16H,6,11H2,1-5H3,(H,17,19)/p+1. The molecule has 6 nitrogen and oxygen atoms in total. The number of benzene rings is 1. The van der Waals surface area contributed by atoms with E-state index in [0.29, 0.717) is 12.2 Å². The van der Waals surface area contributed by atoms with Crippen LogP contribution in [0.25, 0.3) is 0 Å². The molecule has 3 N–H and O–H groups in total. The van der Waals surface area contributed by atoms with E-state index in [2.05, 4.69) is 26.1 Å². The van der Waals surface area contributed by atoms with Crippen molar-refractivity contribution in [1.29, 1.82) is 0 Å². The van der Waals surface area contributed by atoms with E-state index in [0.717, 1.165) is 10.7 Å². The lowest BCUT2D eigenvalue weighted by atomic mass is 10.0. The van der Waals surface area contributed by atoms with Crippen molar-refractivity contribution in [2.45, 2.75) is 37.6 Å². The second-order valence-electron chi connectivity index (χ2n) is 6.11. The average Bonchev–Trinajstić information content (AvgIpc) is 2.45. The molecule has 0 bridgehead atoms. The van der Waals surface area contributed by atoms with E-state index in [1.54, 1.807) is 12.1 Å². The Labute approximate surface area is 132 Å². The van der Waals surface area contributed by atoms with Gasteiger partial charge < -0.3 is 10.6 Å². The van der Waals surface area contributed by atoms with Gasteiger partial charge in [0.1, 0.15) is 0 Å². The van der Waals surface area contributed by atoms with Gasteiger partial charge in [-0.25, -0.2) is 12.7 Å². The number of carbonyl (C=O) groups is 1. The van der Waals surface area contributed by atoms with Crippen LogP contribution in [0.15, 0.2) is 29.2 Å². The maximum Gasteiger partial charge on any atom is 0.279 e. The summed E-state index contributed by atoms with van der Waals surface area (Å²) in [6.07, 6.45) is 0.955. The number of carbonyl (C=O) groups excluding carboxylic acids is 1. The number of amides is 1. The van der Waals surface area contributed by atoms with Gasteiger partial charge in [-0.2, -0.15) is 0 Å². The number of nitrogens with two attached hydrogens (primary N) is 1. The smallest absolute Gasteiger partial charge is 0.279 e. The number of hydrogen-bond donors (Lipinski definition) is 2. The van der Waals surface area contributed by atoms with Crippen molar-refractivity contribution in [2.24, 2.45) is 0 Å². The molecule has 1 aromatic carbocycles. The first kappa shape index (κ1) is 18.6. The van der Waals surface area contributed by atoms with Gasteiger partial charge in [-0.1, -0.05) is 13.0 Å². The third-order valence-electron chi connectivity index (χ3n) is 3.65. The first-order chi connectivity index (χ1) is 10.1. The minimum atomic E-state index is -3.50. The molecule has 0 spiro atoms. The van der Waals surface area contributed by atoms with Crippen molar-refractivity contribution in [2.75, 3.05) is 26.0 Å². The molecular formula is C15H26N3O3S+. The second-order valence-corrected chi connectivity index (χ2v) is 8.27. The lowest BCUT2D eigenvalue weighted by Gasteiger charge is -2.20. The highest BCUT2D eigenvalue weighted by Crippen LogP contribution is 2.17. The summed E-state index contributed by atoms with van der Waals surface area (Å²) in [5.74, 6) is -0.152. The van der Waals surface area contributed by atoms with Crippen LogP contribution in [-0.2, 0) is 14.8 Å². The molecule has 0 aliphatic rings. The van der Waals surface area contributed by atoms with Crippen molar-refractivity contribution in [3.63, 3.8) is 0 Å². The van der Waals surface area contributed by atoms with E-state index in [1.165, 1.54) is 26.2 Å². The van der Waals surface area contributed by atoms with Crippen LogP contribution < -0.4 is 10.6 Å². The third kappa shape index (κ3) is 5.08. The Morgan fingerprint density at radius 2 is 1.95 bits per heavy atom. The molecule has 0 heterocycles. The molecule has 0 aromatic heterocycles. The molecule has 0 saturated carbocycles. The molecule has 0 aliphatic carbocycles. The van der Waals surface area contributed by atoms with Gasteiger partial charge in [0.05, 0.1) is 10.4 Å². The Kier molecular flexibility index (Phi) is 6.10. The highest BCUT2D eigenvalue weighted by molar-refractivity contribution is 7.89. The first-order valence-electron chi connectivity index (χ1n) is 7.25. The van der Waals surface area contributed by atoms with Gasteiger partial charge in [-0.3, -0.25) is 4.79 Å². The quantitative estimate of drug-likeness (QED) is 0.770. The van der Waals surface area contributed by atoms with Gasteiger partial charge in [0, 0.05) is 19.8 Å². The predicted molar refractivity (Wildman–Crippen MR) is 87.1 cm³/mol. The fourth-order valence-electron chi connectivity index (χ4n) is 1.67. The van der Waals surface area contributed by atoms with Crippen LogP contribution in [0.2, 0.25) is 0 Å². The number of anilines is 1. The van der Waals surface area contributed by atoms with Crippen molar-refractivity contribution in [3.8, 4) is 0 Å². The van der Waals surface area contributed by atoms with Crippen molar-refractivity contribution in [1.82, 2.24) is 4.31 Å². The van der Waals surface area contributed by atoms with Gasteiger partial charge in [-0.05, 0) is 38.5 Å². The van der Waals surface area contributed by atoms with Gasteiger partial charge >= 0.3 is 0 Å². The van der Waals surface area contributed by atoms with Crippen LogP contribution in [-0.4, -0.2) is 44.8 Å². The fraction of sp³-hybridized carbons (Fsp3) is 0.533. The normalized spacial score (nSPS) is 12.5. The molecule has 1 amide bonds. The SMILES string of the molecule is CCC(C)(C)[NH2+]CC(=O)Nc1cccc(S(=O)(=O)N(C)C)c1. The summed E-state index contributed by atoms with van der Waals surface area (Å²) < 4.78 is 25.3. The number of sulfonamides is 1. The summed E-state index contributed by atoms with van der Waals surface area (Å²) in [6.45, 7) is 6.52. The lowest BCUT2D eigenvalue weighted by Crippen LogP contribution is -2.96. The van der Waals surface area contributed by atoms with E-state index in [4.69, 9.17) is 0 Å². The van der Waals surface area contributed by atoms with Crippen LogP contribution in [0.4, 0.5) is 5.69 Å². The van der Waals surface area contributed by atoms with Crippen molar-refractivity contribution < 1.29 is 18.5 Å². The molecule has 22 heavy (non-hydrogen) atoms. The number of nitrogens with zero attached hydrogens (tertiary/aromatic N) is 1. The number of rotatable bonds is 7. The fourth-order valence-corrected chi connectivity index (χ4v) is 2.62. The molecule has 7 heteroatoms. The van der Waals surface area contributed by atoms with Crippen LogP contribution >= 0.6 is 0 Å². The third-order valence-corrected chi connectivity index (χ3v) is 5.46. The lowest BCUT2D eigenvalue weighted by molar-refractivity contribution is -0.711. The Morgan fingerprint density at radius 3 is 2.50 bits per heavy atom. The number of nitrogens with one attached hydrogen (secondary N) is 1. The molecule has 0 atom stereocenters. The van der Waals surface area contributed by atoms with Gasteiger partial charge in [-0.15, -0.1) is 0 Å². The van der Waals surface area contributed by atoms with E-state index in [1.807, 2.05) is 5.32 Å². The summed E-state index contributed by atoms with van der Waals surface area (Å²) in [6, 6.07) is 6.28. The largest absolute Gasteiger partial charge is 0.334 e. The molecule has 1 rings (SSSR count). The van der Waals surface area contributed by atoms with Crippen LogP contribution in [0.1, 0.15) is 27.2 Å². The second kappa shape index (κ2) is 7.21. The first-order valence-corrected chi connectivity index (χ1v) is 8.69. The minimum absolute atomic E-state index is 0.00739. The van der Waals surface area contributed by atoms with Gasteiger partial charge in [0.2, 0.25) is 10.0 Å². The average molecular weight is 328 g/mol. The molecule has 0 saturated heterocycles. The molecule has 0 unspecified atom stereocenters. The predicted octanol–water partition coefficient (Wildman–Crippen LogP) is 0.627. The highest BCUT2D eigenvalue weighted by Gasteiger charge is 2.20. The molecule has 1 aromatic rings. The highest BCUT2D eigenvalue weighted by atomic mass is 32.2. The van der Waals surface area contributed by atoms with Gasteiger partial charge in [0.25, 0.3) is 5.91 Å². The summed E-state index contributed by atoms with van der Waals surface area (Å²) in [5, 5.41) is 4.71. The monoisotopic (exact) mass is 328 g/mol. The summed E-state index contributed by atoms with van der Waals surface area (Å²) in [5.41, 5.74) is 0.489. The summed E-state index contributed by atoms with van der Waals surface area (Å²) in [4.78, 5) is 12.1.